The molecule has 0 aromatic carbocycles. The normalized spacial score (nSPS) is 9.88. The van der Waals surface area contributed by atoms with Crippen LogP contribution in [-0.4, -0.2) is 4.98 Å². The third-order valence-electron chi connectivity index (χ3n) is 2.27. The predicted molar refractivity (Wildman–Crippen MR) is 69.7 cm³/mol. The molecule has 0 aliphatic carbocycles. The van der Waals surface area contributed by atoms with Gasteiger partial charge in [-0.2, -0.15) is 5.26 Å². The molecular formula is C12H12N4S. The van der Waals surface area contributed by atoms with E-state index in [1.54, 1.807) is 17.4 Å². The van der Waals surface area contributed by atoms with Crippen molar-refractivity contribution in [2.24, 2.45) is 0 Å². The van der Waals surface area contributed by atoms with Crippen LogP contribution in [0.1, 0.15) is 15.3 Å². The van der Waals surface area contributed by atoms with Crippen LogP contribution in [0.25, 0.3) is 0 Å². The summed E-state index contributed by atoms with van der Waals surface area (Å²) >= 11 is 1.74. The number of nitrogens with one attached hydrogen (secondary N) is 1. The van der Waals surface area contributed by atoms with Gasteiger partial charge in [-0.25, -0.2) is 4.98 Å². The highest BCUT2D eigenvalue weighted by Gasteiger charge is 2.03. The fraction of sp³-hybridized carbons (Fsp3) is 0.167. The summed E-state index contributed by atoms with van der Waals surface area (Å²) in [5.74, 6) is 0.620. The van der Waals surface area contributed by atoms with Crippen LogP contribution in [0, 0.1) is 18.3 Å². The zero-order valence-corrected chi connectivity index (χ0v) is 10.2. The average molecular weight is 244 g/mol. The highest BCUT2D eigenvalue weighted by atomic mass is 32.1. The molecule has 86 valence electrons. The minimum absolute atomic E-state index is 0.472. The van der Waals surface area contributed by atoms with Gasteiger partial charge in [-0.1, -0.05) is 0 Å². The number of anilines is 2. The van der Waals surface area contributed by atoms with E-state index in [-0.39, 0.29) is 0 Å². The van der Waals surface area contributed by atoms with Gasteiger partial charge in [0.1, 0.15) is 11.9 Å². The Balaban J connectivity index is 2.07. The second-order valence-corrected chi connectivity index (χ2v) is 5.01. The summed E-state index contributed by atoms with van der Waals surface area (Å²) < 4.78 is 0. The molecule has 0 spiro atoms. The van der Waals surface area contributed by atoms with E-state index >= 15 is 0 Å². The van der Waals surface area contributed by atoms with E-state index in [0.717, 1.165) is 0 Å². The molecule has 2 rings (SSSR count). The summed E-state index contributed by atoms with van der Waals surface area (Å²) in [7, 11) is 0. The molecule has 3 N–H and O–H groups in total. The van der Waals surface area contributed by atoms with Crippen LogP contribution in [-0.2, 0) is 6.54 Å². The molecule has 0 amide bonds. The topological polar surface area (TPSA) is 74.7 Å². The molecule has 0 saturated carbocycles. The van der Waals surface area contributed by atoms with Crippen LogP contribution < -0.4 is 11.1 Å². The maximum atomic E-state index is 8.70. The zero-order valence-electron chi connectivity index (χ0n) is 9.40. The molecule has 0 aliphatic heterocycles. The van der Waals surface area contributed by atoms with E-state index in [4.69, 9.17) is 11.0 Å². The Kier molecular flexibility index (Phi) is 3.26. The molecule has 0 bridgehead atoms. The molecule has 0 radical (unpaired) electrons. The third-order valence-corrected chi connectivity index (χ3v) is 3.27. The molecule has 2 aromatic heterocycles. The van der Waals surface area contributed by atoms with Crippen LogP contribution >= 0.6 is 11.3 Å². The van der Waals surface area contributed by atoms with Crippen LogP contribution in [0.3, 0.4) is 0 Å². The van der Waals surface area contributed by atoms with E-state index in [1.807, 2.05) is 6.07 Å². The number of nitrogens with two attached hydrogens (primary N) is 1. The third kappa shape index (κ3) is 2.74. The second kappa shape index (κ2) is 4.85. The first-order chi connectivity index (χ1) is 8.19. The molecule has 2 aromatic rings. The van der Waals surface area contributed by atoms with E-state index in [9.17, 15) is 0 Å². The van der Waals surface area contributed by atoms with Crippen molar-refractivity contribution >= 4 is 22.8 Å². The van der Waals surface area contributed by atoms with Gasteiger partial charge in [-0.15, -0.1) is 11.3 Å². The first kappa shape index (κ1) is 11.4. The van der Waals surface area contributed by atoms with Gasteiger partial charge >= 0.3 is 0 Å². The Morgan fingerprint density at radius 2 is 2.35 bits per heavy atom. The largest absolute Gasteiger partial charge is 0.396 e. The van der Waals surface area contributed by atoms with Crippen LogP contribution in [0.4, 0.5) is 11.5 Å². The first-order valence-electron chi connectivity index (χ1n) is 5.14. The molecule has 5 heteroatoms. The number of hydrogen-bond donors (Lipinski definition) is 2. The number of thiophene rings is 1. The lowest BCUT2D eigenvalue weighted by atomic mass is 10.3. The van der Waals surface area contributed by atoms with Gasteiger partial charge in [-0.3, -0.25) is 0 Å². The summed E-state index contributed by atoms with van der Waals surface area (Å²) in [5, 5.41) is 11.9. The quantitative estimate of drug-likeness (QED) is 0.870. The fourth-order valence-electron chi connectivity index (χ4n) is 1.44. The van der Waals surface area contributed by atoms with Crippen LogP contribution in [0.5, 0.6) is 0 Å². The standard InChI is InChI=1S/C12H12N4S/c1-8-2-3-10(17-8)7-16-12-11(14)4-9(5-13)6-15-12/h2-4,6H,7,14H2,1H3,(H,15,16). The lowest BCUT2D eigenvalue weighted by Gasteiger charge is -2.06. The van der Waals surface area contributed by atoms with E-state index in [2.05, 4.69) is 29.4 Å². The number of nitrogens with zero attached hydrogens (tertiary/aromatic N) is 2. The number of nitrogen functional groups attached to an aromatic ring is 1. The highest BCUT2D eigenvalue weighted by molar-refractivity contribution is 7.11. The van der Waals surface area contributed by atoms with Crippen LogP contribution in [0.2, 0.25) is 0 Å². The Labute approximate surface area is 104 Å². The minimum atomic E-state index is 0.472. The van der Waals surface area contributed by atoms with Crippen LogP contribution in [0.15, 0.2) is 24.4 Å². The Hall–Kier alpha value is -2.06. The van der Waals surface area contributed by atoms with Crippen molar-refractivity contribution in [2.45, 2.75) is 13.5 Å². The molecule has 0 aliphatic rings. The Morgan fingerprint density at radius 3 is 2.94 bits per heavy atom. The van der Waals surface area contributed by atoms with Crippen molar-refractivity contribution < 1.29 is 0 Å². The number of nitriles is 1. The number of rotatable bonds is 3. The SMILES string of the molecule is Cc1ccc(CNc2ncc(C#N)cc2N)s1. The van der Waals surface area contributed by atoms with E-state index in [0.29, 0.717) is 23.6 Å². The number of hydrogen-bond acceptors (Lipinski definition) is 5. The number of pyridine rings is 1. The van der Waals surface area contributed by atoms with Gasteiger partial charge in [0.25, 0.3) is 0 Å². The lowest BCUT2D eigenvalue weighted by molar-refractivity contribution is 1.14. The molecule has 0 fully saturated rings. The van der Waals surface area contributed by atoms with Crippen molar-refractivity contribution in [3.63, 3.8) is 0 Å². The molecule has 0 saturated heterocycles. The van der Waals surface area contributed by atoms with Crippen molar-refractivity contribution in [1.29, 1.82) is 5.26 Å². The maximum Gasteiger partial charge on any atom is 0.149 e. The van der Waals surface area contributed by atoms with Crippen molar-refractivity contribution in [3.05, 3.63) is 39.7 Å². The Morgan fingerprint density at radius 1 is 1.53 bits per heavy atom. The lowest BCUT2D eigenvalue weighted by Crippen LogP contribution is -2.03. The molecule has 2 heterocycles. The smallest absolute Gasteiger partial charge is 0.149 e. The summed E-state index contributed by atoms with van der Waals surface area (Å²) in [6, 6.07) is 7.78. The van der Waals surface area contributed by atoms with Gasteiger partial charge in [-0.05, 0) is 25.1 Å². The monoisotopic (exact) mass is 244 g/mol. The molecular weight excluding hydrogens is 232 g/mol. The zero-order chi connectivity index (χ0) is 12.3. The van der Waals surface area contributed by atoms with E-state index in [1.165, 1.54) is 16.0 Å². The molecule has 17 heavy (non-hydrogen) atoms. The highest BCUT2D eigenvalue weighted by Crippen LogP contribution is 2.19. The number of aromatic nitrogens is 1. The van der Waals surface area contributed by atoms with Gasteiger partial charge in [0.05, 0.1) is 17.8 Å². The molecule has 4 nitrogen and oxygen atoms in total. The summed E-state index contributed by atoms with van der Waals surface area (Å²) in [6.45, 7) is 2.77. The van der Waals surface area contributed by atoms with Crippen molar-refractivity contribution in [1.82, 2.24) is 4.98 Å². The Bertz CT molecular complexity index is 568. The average Bonchev–Trinajstić information content (AvgIpc) is 2.73. The molecule has 0 atom stereocenters. The predicted octanol–water partition coefficient (Wildman–Crippen LogP) is 2.52. The van der Waals surface area contributed by atoms with Gasteiger partial charge in [0.15, 0.2) is 0 Å². The van der Waals surface area contributed by atoms with Crippen molar-refractivity contribution in [2.75, 3.05) is 11.1 Å². The second-order valence-electron chi connectivity index (χ2n) is 3.64. The summed E-state index contributed by atoms with van der Waals surface area (Å²) in [4.78, 5) is 6.63. The summed E-state index contributed by atoms with van der Waals surface area (Å²) in [6.07, 6.45) is 1.51. The van der Waals surface area contributed by atoms with Gasteiger partial charge in [0.2, 0.25) is 0 Å². The maximum absolute atomic E-state index is 8.70. The molecule has 0 unspecified atom stereocenters. The first-order valence-corrected chi connectivity index (χ1v) is 5.95. The van der Waals surface area contributed by atoms with Crippen molar-refractivity contribution in [3.8, 4) is 6.07 Å². The number of aryl methyl sites for hydroxylation is 1. The summed E-state index contributed by atoms with van der Waals surface area (Å²) in [5.41, 5.74) is 6.76. The minimum Gasteiger partial charge on any atom is -0.396 e. The fourth-order valence-corrected chi connectivity index (χ4v) is 2.27. The van der Waals surface area contributed by atoms with Gasteiger partial charge < -0.3 is 11.1 Å². The van der Waals surface area contributed by atoms with E-state index < -0.39 is 0 Å². The van der Waals surface area contributed by atoms with Gasteiger partial charge in [0, 0.05) is 16.0 Å².